The Kier molecular flexibility index (Phi) is 5.76. The summed E-state index contributed by atoms with van der Waals surface area (Å²) < 4.78 is 19.6. The van der Waals surface area contributed by atoms with Gasteiger partial charge in [-0.25, -0.2) is 4.39 Å². The van der Waals surface area contributed by atoms with Crippen LogP contribution in [0.3, 0.4) is 0 Å². The lowest BCUT2D eigenvalue weighted by atomic mass is 10.1. The molecule has 0 fully saturated rings. The zero-order valence-corrected chi connectivity index (χ0v) is 12.7. The van der Waals surface area contributed by atoms with E-state index in [9.17, 15) is 4.39 Å². The van der Waals surface area contributed by atoms with E-state index in [-0.39, 0.29) is 5.82 Å². The summed E-state index contributed by atoms with van der Waals surface area (Å²) >= 11 is 0. The van der Waals surface area contributed by atoms with Crippen LogP contribution in [0.25, 0.3) is 0 Å². The average molecular weight is 287 g/mol. The third kappa shape index (κ3) is 4.57. The molecule has 0 amide bonds. The lowest BCUT2D eigenvalue weighted by molar-refractivity contribution is 0.289. The van der Waals surface area contributed by atoms with E-state index in [4.69, 9.17) is 4.74 Å². The molecular formula is C18H22FNO. The van der Waals surface area contributed by atoms with Crippen molar-refractivity contribution in [2.24, 2.45) is 0 Å². The van der Waals surface area contributed by atoms with Crippen molar-refractivity contribution in [3.05, 3.63) is 65.0 Å². The van der Waals surface area contributed by atoms with Gasteiger partial charge in [0.2, 0.25) is 0 Å². The summed E-state index contributed by atoms with van der Waals surface area (Å²) in [6, 6.07) is 13.1. The Morgan fingerprint density at radius 2 is 1.95 bits per heavy atom. The van der Waals surface area contributed by atoms with Crippen LogP contribution in [0.4, 0.5) is 4.39 Å². The summed E-state index contributed by atoms with van der Waals surface area (Å²) in [5, 5.41) is 3.26. The maximum absolute atomic E-state index is 14.0. The summed E-state index contributed by atoms with van der Waals surface area (Å²) in [7, 11) is 0. The molecule has 2 aromatic rings. The molecule has 112 valence electrons. The van der Waals surface area contributed by atoms with E-state index in [1.807, 2.05) is 37.3 Å². The Hall–Kier alpha value is -1.87. The van der Waals surface area contributed by atoms with E-state index in [0.29, 0.717) is 18.9 Å². The smallest absolute Gasteiger partial charge is 0.165 e. The van der Waals surface area contributed by atoms with Gasteiger partial charge in [-0.2, -0.15) is 0 Å². The number of halogens is 1. The minimum absolute atomic E-state index is 0.303. The molecule has 0 aromatic heterocycles. The van der Waals surface area contributed by atoms with Crippen LogP contribution < -0.4 is 10.1 Å². The van der Waals surface area contributed by atoms with Gasteiger partial charge in [0.25, 0.3) is 0 Å². The lowest BCUT2D eigenvalue weighted by Crippen LogP contribution is -2.13. The Morgan fingerprint density at radius 1 is 1.14 bits per heavy atom. The molecular weight excluding hydrogens is 265 g/mol. The maximum atomic E-state index is 14.0. The van der Waals surface area contributed by atoms with Crippen LogP contribution >= 0.6 is 0 Å². The summed E-state index contributed by atoms with van der Waals surface area (Å²) in [6.07, 6.45) is 1.07. The van der Waals surface area contributed by atoms with E-state index < -0.39 is 0 Å². The second-order valence-electron chi connectivity index (χ2n) is 5.16. The molecule has 0 heterocycles. The number of rotatable bonds is 7. The molecule has 0 bridgehead atoms. The first-order chi connectivity index (χ1) is 10.2. The molecule has 1 N–H and O–H groups in total. The average Bonchev–Trinajstić information content (AvgIpc) is 2.48. The Bertz CT molecular complexity index is 583. The predicted octanol–water partition coefficient (Wildman–Crippen LogP) is 4.21. The second kappa shape index (κ2) is 7.79. The molecule has 0 aliphatic heterocycles. The van der Waals surface area contributed by atoms with Gasteiger partial charge in [0.05, 0.1) is 0 Å². The second-order valence-corrected chi connectivity index (χ2v) is 5.16. The highest BCUT2D eigenvalue weighted by Gasteiger charge is 2.06. The quantitative estimate of drug-likeness (QED) is 0.770. The van der Waals surface area contributed by atoms with E-state index >= 15 is 0 Å². The van der Waals surface area contributed by atoms with Gasteiger partial charge in [-0.15, -0.1) is 0 Å². The fourth-order valence-corrected chi connectivity index (χ4v) is 2.11. The molecule has 0 saturated carbocycles. The highest BCUT2D eigenvalue weighted by molar-refractivity contribution is 5.30. The number of ether oxygens (including phenoxy) is 1. The van der Waals surface area contributed by atoms with Crippen molar-refractivity contribution in [3.8, 4) is 5.75 Å². The van der Waals surface area contributed by atoms with Gasteiger partial charge in [-0.05, 0) is 48.7 Å². The van der Waals surface area contributed by atoms with Crippen molar-refractivity contribution in [2.45, 2.75) is 33.4 Å². The minimum atomic E-state index is -0.306. The van der Waals surface area contributed by atoms with Crippen molar-refractivity contribution in [2.75, 3.05) is 6.54 Å². The molecule has 0 saturated heterocycles. The molecule has 0 unspecified atom stereocenters. The number of hydrogen-bond acceptors (Lipinski definition) is 2. The minimum Gasteiger partial charge on any atom is -0.486 e. The zero-order chi connectivity index (χ0) is 15.1. The van der Waals surface area contributed by atoms with E-state index in [1.165, 1.54) is 6.07 Å². The zero-order valence-electron chi connectivity index (χ0n) is 12.7. The van der Waals surface area contributed by atoms with Crippen molar-refractivity contribution in [1.29, 1.82) is 0 Å². The van der Waals surface area contributed by atoms with Gasteiger partial charge in [0.15, 0.2) is 11.6 Å². The first-order valence-electron chi connectivity index (χ1n) is 7.37. The summed E-state index contributed by atoms with van der Waals surface area (Å²) in [6.45, 7) is 6.14. The molecule has 2 nitrogen and oxygen atoms in total. The van der Waals surface area contributed by atoms with E-state index in [2.05, 4.69) is 12.2 Å². The fourth-order valence-electron chi connectivity index (χ4n) is 2.11. The first-order valence-corrected chi connectivity index (χ1v) is 7.37. The number of nitrogens with one attached hydrogen (secondary N) is 1. The number of benzene rings is 2. The fraction of sp³-hybridized carbons (Fsp3) is 0.333. The van der Waals surface area contributed by atoms with Crippen molar-refractivity contribution >= 4 is 0 Å². The van der Waals surface area contributed by atoms with Gasteiger partial charge < -0.3 is 10.1 Å². The molecule has 0 radical (unpaired) electrons. The molecule has 2 aromatic carbocycles. The summed E-state index contributed by atoms with van der Waals surface area (Å²) in [4.78, 5) is 0. The lowest BCUT2D eigenvalue weighted by Gasteiger charge is -2.10. The monoisotopic (exact) mass is 287 g/mol. The molecule has 0 aliphatic rings. The van der Waals surface area contributed by atoms with Crippen molar-refractivity contribution < 1.29 is 9.13 Å². The van der Waals surface area contributed by atoms with Gasteiger partial charge in [-0.1, -0.05) is 37.3 Å². The van der Waals surface area contributed by atoms with Crippen LogP contribution in [0.5, 0.6) is 5.75 Å². The first kappa shape index (κ1) is 15.5. The Morgan fingerprint density at radius 3 is 2.67 bits per heavy atom. The third-order valence-electron chi connectivity index (χ3n) is 3.40. The standard InChI is InChI=1S/C18H22FNO/c1-3-10-20-12-15-8-9-18(17(19)11-15)21-13-16-7-5-4-6-14(16)2/h4-9,11,20H,3,10,12-13H2,1-2H3. The summed E-state index contributed by atoms with van der Waals surface area (Å²) in [5.41, 5.74) is 3.16. The predicted molar refractivity (Wildman–Crippen MR) is 83.9 cm³/mol. The molecule has 0 atom stereocenters. The summed E-state index contributed by atoms with van der Waals surface area (Å²) in [5.74, 6) is -0.00289. The van der Waals surface area contributed by atoms with E-state index in [1.54, 1.807) is 6.07 Å². The van der Waals surface area contributed by atoms with Crippen molar-refractivity contribution in [3.63, 3.8) is 0 Å². The van der Waals surface area contributed by atoms with Crippen LogP contribution in [0.1, 0.15) is 30.0 Å². The molecule has 0 spiro atoms. The highest BCUT2D eigenvalue weighted by atomic mass is 19.1. The Balaban J connectivity index is 1.96. The van der Waals surface area contributed by atoms with Gasteiger partial charge in [-0.3, -0.25) is 0 Å². The van der Waals surface area contributed by atoms with Gasteiger partial charge in [0, 0.05) is 6.54 Å². The molecule has 21 heavy (non-hydrogen) atoms. The van der Waals surface area contributed by atoms with Gasteiger partial charge >= 0.3 is 0 Å². The van der Waals surface area contributed by atoms with E-state index in [0.717, 1.165) is 29.7 Å². The highest BCUT2D eigenvalue weighted by Crippen LogP contribution is 2.20. The number of hydrogen-bond donors (Lipinski definition) is 1. The van der Waals surface area contributed by atoms with Crippen LogP contribution in [0.15, 0.2) is 42.5 Å². The van der Waals surface area contributed by atoms with Crippen LogP contribution in [0, 0.1) is 12.7 Å². The van der Waals surface area contributed by atoms with Crippen molar-refractivity contribution in [1.82, 2.24) is 5.32 Å². The normalized spacial score (nSPS) is 10.6. The van der Waals surface area contributed by atoms with Crippen LogP contribution in [-0.2, 0) is 13.2 Å². The van der Waals surface area contributed by atoms with Gasteiger partial charge in [0.1, 0.15) is 6.61 Å². The topological polar surface area (TPSA) is 21.3 Å². The van der Waals surface area contributed by atoms with Crippen LogP contribution in [0.2, 0.25) is 0 Å². The molecule has 2 rings (SSSR count). The molecule has 3 heteroatoms. The van der Waals surface area contributed by atoms with Crippen LogP contribution in [-0.4, -0.2) is 6.54 Å². The molecule has 0 aliphatic carbocycles. The maximum Gasteiger partial charge on any atom is 0.165 e. The third-order valence-corrected chi connectivity index (χ3v) is 3.40. The SMILES string of the molecule is CCCNCc1ccc(OCc2ccccc2C)c(F)c1. The number of aryl methyl sites for hydroxylation is 1. The Labute approximate surface area is 126 Å². The largest absolute Gasteiger partial charge is 0.486 e.